The number of fused-ring (bicyclic) bond motifs is 2. The van der Waals surface area contributed by atoms with Gasteiger partial charge in [0, 0.05) is 34.0 Å². The van der Waals surface area contributed by atoms with Crippen molar-refractivity contribution >= 4 is 35.2 Å². The first kappa shape index (κ1) is 20.0. The summed E-state index contributed by atoms with van der Waals surface area (Å²) in [5.74, 6) is -1.72. The normalized spacial score (nSPS) is 12.3. The van der Waals surface area contributed by atoms with E-state index in [-0.39, 0.29) is 17.1 Å². The second-order valence-electron chi connectivity index (χ2n) is 6.86. The van der Waals surface area contributed by atoms with E-state index in [9.17, 15) is 19.2 Å². The fourth-order valence-corrected chi connectivity index (χ4v) is 3.29. The lowest BCUT2D eigenvalue weighted by atomic mass is 9.84. The van der Waals surface area contributed by atoms with Crippen LogP contribution >= 0.6 is 0 Å². The van der Waals surface area contributed by atoms with Gasteiger partial charge in [-0.25, -0.2) is 4.79 Å². The number of ether oxygens (including phenoxy) is 1. The monoisotopic (exact) mass is 411 g/mol. The van der Waals surface area contributed by atoms with Crippen molar-refractivity contribution in [3.05, 3.63) is 107 Å². The van der Waals surface area contributed by atoms with Crippen molar-refractivity contribution in [2.24, 2.45) is 0 Å². The van der Waals surface area contributed by atoms with E-state index in [0.29, 0.717) is 22.4 Å². The topological polar surface area (TPSA) is 89.5 Å². The maximum Gasteiger partial charge on any atom is 0.331 e. The van der Waals surface area contributed by atoms with Gasteiger partial charge in [-0.15, -0.1) is 0 Å². The van der Waals surface area contributed by atoms with Crippen LogP contribution in [0.1, 0.15) is 37.4 Å². The largest absolute Gasteiger partial charge is 0.452 e. The van der Waals surface area contributed by atoms with Gasteiger partial charge < -0.3 is 10.1 Å². The molecule has 3 aromatic carbocycles. The predicted octanol–water partition coefficient (Wildman–Crippen LogP) is 3.66. The first-order valence-corrected chi connectivity index (χ1v) is 9.55. The lowest BCUT2D eigenvalue weighted by Gasteiger charge is -2.18. The molecule has 0 saturated carbocycles. The summed E-state index contributed by atoms with van der Waals surface area (Å²) in [5.41, 5.74) is 2.39. The average Bonchev–Trinajstić information content (AvgIpc) is 2.80. The van der Waals surface area contributed by atoms with Crippen molar-refractivity contribution in [2.75, 3.05) is 11.9 Å². The molecule has 0 aromatic heterocycles. The van der Waals surface area contributed by atoms with Crippen molar-refractivity contribution in [3.63, 3.8) is 0 Å². The number of carbonyl (C=O) groups is 4. The number of anilines is 1. The average molecular weight is 411 g/mol. The second kappa shape index (κ2) is 8.59. The summed E-state index contributed by atoms with van der Waals surface area (Å²) < 4.78 is 4.94. The highest BCUT2D eigenvalue weighted by Gasteiger charge is 2.29. The lowest BCUT2D eigenvalue weighted by molar-refractivity contribution is -0.142. The highest BCUT2D eigenvalue weighted by molar-refractivity contribution is 6.28. The lowest BCUT2D eigenvalue weighted by Crippen LogP contribution is -2.23. The molecule has 0 bridgehead atoms. The molecule has 31 heavy (non-hydrogen) atoms. The molecule has 0 aliphatic heterocycles. The number of nitrogens with one attached hydrogen (secondary N) is 1. The molecule has 0 radical (unpaired) electrons. The number of hydrogen-bond acceptors (Lipinski definition) is 5. The van der Waals surface area contributed by atoms with Crippen molar-refractivity contribution in [1.82, 2.24) is 0 Å². The van der Waals surface area contributed by atoms with Gasteiger partial charge in [-0.05, 0) is 29.8 Å². The van der Waals surface area contributed by atoms with Crippen molar-refractivity contribution < 1.29 is 23.9 Å². The minimum absolute atomic E-state index is 0.226. The minimum Gasteiger partial charge on any atom is -0.452 e. The number of esters is 1. The van der Waals surface area contributed by atoms with Gasteiger partial charge in [-0.2, -0.15) is 0 Å². The molecule has 0 unspecified atom stereocenters. The Hall–Kier alpha value is -4.32. The summed E-state index contributed by atoms with van der Waals surface area (Å²) in [5, 5.41) is 2.58. The maximum absolute atomic E-state index is 12.8. The molecule has 6 heteroatoms. The Morgan fingerprint density at radius 1 is 0.774 bits per heavy atom. The molecule has 1 amide bonds. The van der Waals surface area contributed by atoms with Crippen LogP contribution in [-0.2, 0) is 14.3 Å². The minimum atomic E-state index is -0.651. The molecular formula is C25H17NO5. The Morgan fingerprint density at radius 2 is 1.39 bits per heavy atom. The molecule has 4 rings (SSSR count). The SMILES string of the molecule is O=C(COC(=O)/C=C/c1ccccc1)Nc1ccc2c(c1)C(=O)c1ccccc1C2=O. The standard InChI is InChI=1S/C25H17NO5/c27-22(15-31-23(28)13-10-16-6-2-1-3-7-16)26-17-11-12-20-21(14-17)25(30)19-9-5-4-8-18(19)24(20)29/h1-14H,15H2,(H,26,27)/b13-10+. The van der Waals surface area contributed by atoms with E-state index in [1.165, 1.54) is 24.3 Å². The van der Waals surface area contributed by atoms with Crippen LogP contribution < -0.4 is 5.32 Å². The van der Waals surface area contributed by atoms with Crippen LogP contribution in [-0.4, -0.2) is 30.0 Å². The van der Waals surface area contributed by atoms with Gasteiger partial charge in [-0.1, -0.05) is 54.6 Å². The first-order chi connectivity index (χ1) is 15.0. The summed E-state index contributed by atoms with van der Waals surface area (Å²) in [6, 6.07) is 20.3. The summed E-state index contributed by atoms with van der Waals surface area (Å²) in [4.78, 5) is 49.3. The van der Waals surface area contributed by atoms with E-state index in [1.54, 1.807) is 30.3 Å². The zero-order valence-corrected chi connectivity index (χ0v) is 16.3. The summed E-state index contributed by atoms with van der Waals surface area (Å²) >= 11 is 0. The van der Waals surface area contributed by atoms with Crippen LogP contribution in [0.5, 0.6) is 0 Å². The van der Waals surface area contributed by atoms with Gasteiger partial charge in [0.1, 0.15) is 0 Å². The molecule has 152 valence electrons. The Morgan fingerprint density at radius 3 is 2.10 bits per heavy atom. The van der Waals surface area contributed by atoms with E-state index >= 15 is 0 Å². The van der Waals surface area contributed by atoms with Gasteiger partial charge in [0.2, 0.25) is 0 Å². The van der Waals surface area contributed by atoms with Crippen molar-refractivity contribution in [3.8, 4) is 0 Å². The van der Waals surface area contributed by atoms with Crippen molar-refractivity contribution in [1.29, 1.82) is 0 Å². The molecule has 1 aliphatic rings. The number of benzene rings is 3. The highest BCUT2D eigenvalue weighted by atomic mass is 16.5. The van der Waals surface area contributed by atoms with E-state index in [1.807, 2.05) is 30.3 Å². The molecule has 0 spiro atoms. The zero-order chi connectivity index (χ0) is 21.8. The van der Waals surface area contributed by atoms with E-state index in [4.69, 9.17) is 4.74 Å². The Balaban J connectivity index is 1.39. The van der Waals surface area contributed by atoms with Crippen LogP contribution in [0.15, 0.2) is 78.9 Å². The Kier molecular flexibility index (Phi) is 5.53. The second-order valence-corrected chi connectivity index (χ2v) is 6.86. The number of rotatable bonds is 5. The van der Waals surface area contributed by atoms with E-state index < -0.39 is 18.5 Å². The Labute approximate surface area is 178 Å². The molecular weight excluding hydrogens is 394 g/mol. The van der Waals surface area contributed by atoms with Gasteiger partial charge in [0.25, 0.3) is 5.91 Å². The molecule has 1 N–H and O–H groups in total. The molecule has 0 fully saturated rings. The molecule has 3 aromatic rings. The molecule has 0 saturated heterocycles. The molecule has 0 atom stereocenters. The predicted molar refractivity (Wildman–Crippen MR) is 115 cm³/mol. The third-order valence-corrected chi connectivity index (χ3v) is 4.77. The smallest absolute Gasteiger partial charge is 0.331 e. The quantitative estimate of drug-likeness (QED) is 0.400. The first-order valence-electron chi connectivity index (χ1n) is 9.55. The number of hydrogen-bond donors (Lipinski definition) is 1. The van der Waals surface area contributed by atoms with E-state index in [0.717, 1.165) is 5.56 Å². The van der Waals surface area contributed by atoms with Gasteiger partial charge in [0.15, 0.2) is 18.2 Å². The van der Waals surface area contributed by atoms with Crippen LogP contribution in [0.3, 0.4) is 0 Å². The summed E-state index contributed by atoms with van der Waals surface area (Å²) in [6.45, 7) is -0.481. The summed E-state index contributed by atoms with van der Waals surface area (Å²) in [7, 11) is 0. The van der Waals surface area contributed by atoms with Crippen LogP contribution in [0.2, 0.25) is 0 Å². The van der Waals surface area contributed by atoms with Gasteiger partial charge in [-0.3, -0.25) is 14.4 Å². The summed E-state index contributed by atoms with van der Waals surface area (Å²) in [6.07, 6.45) is 2.83. The van der Waals surface area contributed by atoms with Gasteiger partial charge in [0.05, 0.1) is 0 Å². The zero-order valence-electron chi connectivity index (χ0n) is 16.3. The highest BCUT2D eigenvalue weighted by Crippen LogP contribution is 2.29. The molecule has 0 heterocycles. The third kappa shape index (κ3) is 4.33. The van der Waals surface area contributed by atoms with Gasteiger partial charge >= 0.3 is 5.97 Å². The fraction of sp³-hybridized carbons (Fsp3) is 0.0400. The number of carbonyl (C=O) groups excluding carboxylic acids is 4. The number of ketones is 2. The Bertz CT molecular complexity index is 1230. The molecule has 1 aliphatic carbocycles. The van der Waals surface area contributed by atoms with Crippen LogP contribution in [0.25, 0.3) is 6.08 Å². The molecule has 6 nitrogen and oxygen atoms in total. The van der Waals surface area contributed by atoms with Crippen molar-refractivity contribution in [2.45, 2.75) is 0 Å². The van der Waals surface area contributed by atoms with Crippen LogP contribution in [0.4, 0.5) is 5.69 Å². The maximum atomic E-state index is 12.8. The van der Waals surface area contributed by atoms with E-state index in [2.05, 4.69) is 5.32 Å². The fourth-order valence-electron chi connectivity index (χ4n) is 3.29. The number of amides is 1. The third-order valence-electron chi connectivity index (χ3n) is 4.77. The van der Waals surface area contributed by atoms with Crippen LogP contribution in [0, 0.1) is 0 Å².